The fraction of sp³-hybridized carbons (Fsp3) is 0.615. The standard InChI is InChI=1S/C13H19NO3/c1-2-16-13(15)7-8-14(11-5-6-11)10-12-4-3-9-17-12/h3-4,9,11H,2,5-8,10H2,1H3. The fourth-order valence-corrected chi connectivity index (χ4v) is 1.90. The summed E-state index contributed by atoms with van der Waals surface area (Å²) in [6.07, 6.45) is 4.60. The number of hydrogen-bond acceptors (Lipinski definition) is 4. The average molecular weight is 237 g/mol. The summed E-state index contributed by atoms with van der Waals surface area (Å²) in [6.45, 7) is 3.83. The van der Waals surface area contributed by atoms with E-state index in [1.165, 1.54) is 12.8 Å². The lowest BCUT2D eigenvalue weighted by Crippen LogP contribution is -2.28. The lowest BCUT2D eigenvalue weighted by atomic mass is 10.3. The molecule has 1 aliphatic carbocycles. The molecule has 0 bridgehead atoms. The first-order valence-electron chi connectivity index (χ1n) is 6.21. The van der Waals surface area contributed by atoms with Crippen LogP contribution in [0.5, 0.6) is 0 Å². The van der Waals surface area contributed by atoms with Crippen LogP contribution in [0.4, 0.5) is 0 Å². The highest BCUT2D eigenvalue weighted by Gasteiger charge is 2.29. The van der Waals surface area contributed by atoms with Gasteiger partial charge in [0.05, 0.1) is 25.8 Å². The lowest BCUT2D eigenvalue weighted by Gasteiger charge is -2.19. The first-order chi connectivity index (χ1) is 8.29. The fourth-order valence-electron chi connectivity index (χ4n) is 1.90. The van der Waals surface area contributed by atoms with Gasteiger partial charge in [0.25, 0.3) is 0 Å². The third-order valence-electron chi connectivity index (χ3n) is 2.91. The van der Waals surface area contributed by atoms with Crippen LogP contribution in [0.1, 0.15) is 31.9 Å². The first-order valence-corrected chi connectivity index (χ1v) is 6.21. The van der Waals surface area contributed by atoms with Crippen molar-refractivity contribution in [1.29, 1.82) is 0 Å². The van der Waals surface area contributed by atoms with Crippen molar-refractivity contribution in [3.05, 3.63) is 24.2 Å². The molecule has 0 amide bonds. The van der Waals surface area contributed by atoms with Gasteiger partial charge in [-0.15, -0.1) is 0 Å². The molecule has 1 aromatic rings. The first kappa shape index (κ1) is 12.2. The maximum atomic E-state index is 11.3. The van der Waals surface area contributed by atoms with Crippen molar-refractivity contribution in [2.75, 3.05) is 13.2 Å². The van der Waals surface area contributed by atoms with E-state index in [2.05, 4.69) is 4.90 Å². The van der Waals surface area contributed by atoms with Gasteiger partial charge in [0.2, 0.25) is 0 Å². The van der Waals surface area contributed by atoms with Gasteiger partial charge in [0.1, 0.15) is 5.76 Å². The van der Waals surface area contributed by atoms with Gasteiger partial charge in [-0.3, -0.25) is 9.69 Å². The highest BCUT2D eigenvalue weighted by atomic mass is 16.5. The molecule has 1 heterocycles. The largest absolute Gasteiger partial charge is 0.468 e. The van der Waals surface area contributed by atoms with Crippen LogP contribution in [-0.4, -0.2) is 30.1 Å². The molecule has 0 saturated heterocycles. The van der Waals surface area contributed by atoms with Crippen molar-refractivity contribution in [3.63, 3.8) is 0 Å². The lowest BCUT2D eigenvalue weighted by molar-refractivity contribution is -0.143. The summed E-state index contributed by atoms with van der Waals surface area (Å²) in [5.74, 6) is 0.846. The molecule has 1 aromatic heterocycles. The minimum atomic E-state index is -0.113. The van der Waals surface area contributed by atoms with Gasteiger partial charge in [-0.1, -0.05) is 0 Å². The molecule has 0 unspecified atom stereocenters. The summed E-state index contributed by atoms with van der Waals surface area (Å²) >= 11 is 0. The van der Waals surface area contributed by atoms with E-state index in [-0.39, 0.29) is 5.97 Å². The van der Waals surface area contributed by atoms with E-state index in [9.17, 15) is 4.79 Å². The van der Waals surface area contributed by atoms with E-state index in [4.69, 9.17) is 9.15 Å². The highest BCUT2D eigenvalue weighted by Crippen LogP contribution is 2.28. The maximum absolute atomic E-state index is 11.3. The van der Waals surface area contributed by atoms with Crippen LogP contribution in [0.3, 0.4) is 0 Å². The molecule has 0 atom stereocenters. The predicted molar refractivity (Wildman–Crippen MR) is 63.4 cm³/mol. The summed E-state index contributed by atoms with van der Waals surface area (Å²) in [5.41, 5.74) is 0. The monoisotopic (exact) mass is 237 g/mol. The molecule has 1 aliphatic rings. The second-order valence-corrected chi connectivity index (χ2v) is 4.34. The van der Waals surface area contributed by atoms with Crippen LogP contribution in [0, 0.1) is 0 Å². The molecule has 0 aromatic carbocycles. The summed E-state index contributed by atoms with van der Waals surface area (Å²) in [4.78, 5) is 13.6. The Morgan fingerprint density at radius 3 is 3.00 bits per heavy atom. The number of rotatable bonds is 7. The van der Waals surface area contributed by atoms with Crippen LogP contribution in [0.15, 0.2) is 22.8 Å². The normalized spacial score (nSPS) is 15.2. The van der Waals surface area contributed by atoms with Gasteiger partial charge < -0.3 is 9.15 Å². The minimum Gasteiger partial charge on any atom is -0.468 e. The van der Waals surface area contributed by atoms with Gasteiger partial charge in [-0.25, -0.2) is 0 Å². The van der Waals surface area contributed by atoms with Crippen molar-refractivity contribution in [3.8, 4) is 0 Å². The van der Waals surface area contributed by atoms with Crippen molar-refractivity contribution in [2.24, 2.45) is 0 Å². The smallest absolute Gasteiger partial charge is 0.307 e. The van der Waals surface area contributed by atoms with Crippen molar-refractivity contribution in [1.82, 2.24) is 4.90 Å². The summed E-state index contributed by atoms with van der Waals surface area (Å²) in [5, 5.41) is 0. The molecular weight excluding hydrogens is 218 g/mol. The van der Waals surface area contributed by atoms with Crippen molar-refractivity contribution in [2.45, 2.75) is 38.8 Å². The van der Waals surface area contributed by atoms with Crippen LogP contribution in [0.25, 0.3) is 0 Å². The average Bonchev–Trinajstić information content (AvgIpc) is 3.03. The topological polar surface area (TPSA) is 42.7 Å². The zero-order valence-electron chi connectivity index (χ0n) is 10.2. The molecule has 4 heteroatoms. The van der Waals surface area contributed by atoms with E-state index >= 15 is 0 Å². The second kappa shape index (κ2) is 5.87. The molecule has 4 nitrogen and oxygen atoms in total. The minimum absolute atomic E-state index is 0.113. The molecule has 0 aliphatic heterocycles. The Balaban J connectivity index is 1.79. The van der Waals surface area contributed by atoms with Gasteiger partial charge in [0.15, 0.2) is 0 Å². The number of carbonyl (C=O) groups is 1. The molecule has 0 N–H and O–H groups in total. The molecule has 2 rings (SSSR count). The van der Waals surface area contributed by atoms with E-state index < -0.39 is 0 Å². The van der Waals surface area contributed by atoms with Gasteiger partial charge in [0, 0.05) is 12.6 Å². The zero-order chi connectivity index (χ0) is 12.1. The van der Waals surface area contributed by atoms with E-state index in [1.807, 2.05) is 19.1 Å². The number of esters is 1. The van der Waals surface area contributed by atoms with E-state index in [1.54, 1.807) is 6.26 Å². The second-order valence-electron chi connectivity index (χ2n) is 4.34. The number of furan rings is 1. The van der Waals surface area contributed by atoms with E-state index in [0.29, 0.717) is 19.1 Å². The number of hydrogen-bond donors (Lipinski definition) is 0. The number of nitrogens with zero attached hydrogens (tertiary/aromatic N) is 1. The highest BCUT2D eigenvalue weighted by molar-refractivity contribution is 5.69. The summed E-state index contributed by atoms with van der Waals surface area (Å²) in [7, 11) is 0. The van der Waals surface area contributed by atoms with Crippen molar-refractivity contribution < 1.29 is 13.9 Å². The summed E-state index contributed by atoms with van der Waals surface area (Å²) in [6, 6.07) is 4.49. The molecule has 94 valence electrons. The Morgan fingerprint density at radius 1 is 1.59 bits per heavy atom. The Bertz CT molecular complexity index is 344. The van der Waals surface area contributed by atoms with Crippen LogP contribution in [0.2, 0.25) is 0 Å². The Hall–Kier alpha value is -1.29. The zero-order valence-corrected chi connectivity index (χ0v) is 10.2. The number of carbonyl (C=O) groups excluding carboxylic acids is 1. The Labute approximate surface area is 102 Å². The Morgan fingerprint density at radius 2 is 2.41 bits per heavy atom. The number of ether oxygens (including phenoxy) is 1. The van der Waals surface area contributed by atoms with Gasteiger partial charge in [-0.2, -0.15) is 0 Å². The molecule has 1 saturated carbocycles. The predicted octanol–water partition coefficient (Wildman–Crippen LogP) is 2.20. The molecule has 1 fully saturated rings. The molecular formula is C13H19NO3. The SMILES string of the molecule is CCOC(=O)CCN(Cc1ccco1)C1CC1. The van der Waals surface area contributed by atoms with Gasteiger partial charge >= 0.3 is 5.97 Å². The van der Waals surface area contributed by atoms with E-state index in [0.717, 1.165) is 18.8 Å². The van der Waals surface area contributed by atoms with Crippen LogP contribution >= 0.6 is 0 Å². The third kappa shape index (κ3) is 3.89. The van der Waals surface area contributed by atoms with Crippen LogP contribution < -0.4 is 0 Å². The maximum Gasteiger partial charge on any atom is 0.307 e. The third-order valence-corrected chi connectivity index (χ3v) is 2.91. The van der Waals surface area contributed by atoms with Crippen LogP contribution in [-0.2, 0) is 16.1 Å². The summed E-state index contributed by atoms with van der Waals surface area (Å²) < 4.78 is 10.3. The quantitative estimate of drug-likeness (QED) is 0.682. The molecule has 0 radical (unpaired) electrons. The molecule has 0 spiro atoms. The van der Waals surface area contributed by atoms with Gasteiger partial charge in [-0.05, 0) is 31.9 Å². The Kier molecular flexibility index (Phi) is 4.20. The van der Waals surface area contributed by atoms with Crippen molar-refractivity contribution >= 4 is 5.97 Å². The molecule has 17 heavy (non-hydrogen) atoms.